The van der Waals surface area contributed by atoms with E-state index in [9.17, 15) is 4.79 Å². The molecule has 0 fully saturated rings. The third-order valence-electron chi connectivity index (χ3n) is 3.08. The van der Waals surface area contributed by atoms with Crippen molar-refractivity contribution in [1.82, 2.24) is 4.90 Å². The summed E-state index contributed by atoms with van der Waals surface area (Å²) in [5.74, 6) is 1.51. The zero-order valence-electron chi connectivity index (χ0n) is 13.5. The van der Waals surface area contributed by atoms with E-state index in [0.717, 1.165) is 0 Å². The number of carbonyl (C=O) groups is 1. The molecule has 0 aliphatic rings. The van der Waals surface area contributed by atoms with Gasteiger partial charge in [-0.2, -0.15) is 0 Å². The Bertz CT molecular complexity index is 460. The minimum absolute atomic E-state index is 0.0553. The monoisotopic (exact) mass is 295 g/mol. The standard InChI is InChI=1S/C16H25NO4/c1-12(2)11-17(8-9-19-3)16(18)14-7-6-13(20-4)10-15(14)21-5/h6-7,10,12H,8-9,11H2,1-5H3. The molecule has 118 valence electrons. The molecule has 0 aliphatic heterocycles. The van der Waals surface area contributed by atoms with E-state index >= 15 is 0 Å². The average molecular weight is 295 g/mol. The zero-order chi connectivity index (χ0) is 15.8. The second-order valence-corrected chi connectivity index (χ2v) is 5.20. The first-order valence-corrected chi connectivity index (χ1v) is 7.03. The predicted octanol–water partition coefficient (Wildman–Crippen LogP) is 2.45. The molecule has 21 heavy (non-hydrogen) atoms. The van der Waals surface area contributed by atoms with Crippen LogP contribution in [0.15, 0.2) is 18.2 Å². The van der Waals surface area contributed by atoms with E-state index in [1.54, 1.807) is 44.4 Å². The first kappa shape index (κ1) is 17.3. The van der Waals surface area contributed by atoms with Gasteiger partial charge in [0.1, 0.15) is 11.5 Å². The molecular formula is C16H25NO4. The van der Waals surface area contributed by atoms with Gasteiger partial charge in [0, 0.05) is 26.3 Å². The summed E-state index contributed by atoms with van der Waals surface area (Å²) in [5.41, 5.74) is 0.537. The fourth-order valence-corrected chi connectivity index (χ4v) is 2.06. The van der Waals surface area contributed by atoms with Gasteiger partial charge in [0.25, 0.3) is 5.91 Å². The van der Waals surface area contributed by atoms with E-state index in [-0.39, 0.29) is 5.91 Å². The second kappa shape index (κ2) is 8.52. The summed E-state index contributed by atoms with van der Waals surface area (Å²) in [6.07, 6.45) is 0. The highest BCUT2D eigenvalue weighted by molar-refractivity contribution is 5.97. The molecule has 5 nitrogen and oxygen atoms in total. The van der Waals surface area contributed by atoms with E-state index in [0.29, 0.717) is 42.7 Å². The van der Waals surface area contributed by atoms with Gasteiger partial charge in [-0.3, -0.25) is 4.79 Å². The highest BCUT2D eigenvalue weighted by Gasteiger charge is 2.20. The highest BCUT2D eigenvalue weighted by Crippen LogP contribution is 2.26. The van der Waals surface area contributed by atoms with Crippen molar-refractivity contribution in [1.29, 1.82) is 0 Å². The SMILES string of the molecule is COCCN(CC(C)C)C(=O)c1ccc(OC)cc1OC. The van der Waals surface area contributed by atoms with Crippen LogP contribution in [0.3, 0.4) is 0 Å². The van der Waals surface area contributed by atoms with Crippen LogP contribution in [-0.2, 0) is 4.74 Å². The van der Waals surface area contributed by atoms with E-state index in [2.05, 4.69) is 13.8 Å². The van der Waals surface area contributed by atoms with E-state index in [1.807, 2.05) is 0 Å². The summed E-state index contributed by atoms with van der Waals surface area (Å²) >= 11 is 0. The third kappa shape index (κ3) is 4.93. The van der Waals surface area contributed by atoms with Crippen LogP contribution in [0.2, 0.25) is 0 Å². The minimum atomic E-state index is -0.0553. The molecule has 0 aromatic heterocycles. The van der Waals surface area contributed by atoms with Crippen LogP contribution < -0.4 is 9.47 Å². The fourth-order valence-electron chi connectivity index (χ4n) is 2.06. The van der Waals surface area contributed by atoms with Gasteiger partial charge >= 0.3 is 0 Å². The van der Waals surface area contributed by atoms with E-state index in [1.165, 1.54) is 0 Å². The summed E-state index contributed by atoms with van der Waals surface area (Å²) in [5, 5.41) is 0. The Hall–Kier alpha value is -1.75. The largest absolute Gasteiger partial charge is 0.497 e. The van der Waals surface area contributed by atoms with Crippen LogP contribution in [0.1, 0.15) is 24.2 Å². The van der Waals surface area contributed by atoms with Gasteiger partial charge in [-0.05, 0) is 18.1 Å². The lowest BCUT2D eigenvalue weighted by molar-refractivity contribution is 0.0669. The molecule has 1 amide bonds. The van der Waals surface area contributed by atoms with Gasteiger partial charge in [-0.15, -0.1) is 0 Å². The number of hydrogen-bond acceptors (Lipinski definition) is 4. The van der Waals surface area contributed by atoms with Crippen LogP contribution in [0.4, 0.5) is 0 Å². The Morgan fingerprint density at radius 1 is 1.19 bits per heavy atom. The van der Waals surface area contributed by atoms with Gasteiger partial charge in [-0.1, -0.05) is 13.8 Å². The lowest BCUT2D eigenvalue weighted by Gasteiger charge is -2.25. The van der Waals surface area contributed by atoms with Crippen molar-refractivity contribution in [2.75, 3.05) is 41.0 Å². The Morgan fingerprint density at radius 2 is 1.90 bits per heavy atom. The molecule has 0 N–H and O–H groups in total. The molecule has 0 unspecified atom stereocenters. The molecule has 5 heteroatoms. The molecular weight excluding hydrogens is 270 g/mol. The number of benzene rings is 1. The topological polar surface area (TPSA) is 48.0 Å². The number of carbonyl (C=O) groups excluding carboxylic acids is 1. The number of hydrogen-bond donors (Lipinski definition) is 0. The number of ether oxygens (including phenoxy) is 3. The number of nitrogens with zero attached hydrogens (tertiary/aromatic N) is 1. The smallest absolute Gasteiger partial charge is 0.257 e. The molecule has 0 bridgehead atoms. The van der Waals surface area contributed by atoms with Gasteiger partial charge in [0.2, 0.25) is 0 Å². The fraction of sp³-hybridized carbons (Fsp3) is 0.562. The molecule has 1 aromatic carbocycles. The Morgan fingerprint density at radius 3 is 2.43 bits per heavy atom. The molecule has 1 aromatic rings. The maximum atomic E-state index is 12.7. The van der Waals surface area contributed by atoms with Gasteiger partial charge in [0.15, 0.2) is 0 Å². The Labute approximate surface area is 126 Å². The average Bonchev–Trinajstić information content (AvgIpc) is 2.49. The summed E-state index contributed by atoms with van der Waals surface area (Å²) in [6.45, 7) is 5.91. The van der Waals surface area contributed by atoms with Crippen LogP contribution in [-0.4, -0.2) is 51.8 Å². The molecule has 0 saturated carbocycles. The van der Waals surface area contributed by atoms with Gasteiger partial charge in [0.05, 0.1) is 26.4 Å². The van der Waals surface area contributed by atoms with E-state index in [4.69, 9.17) is 14.2 Å². The summed E-state index contributed by atoms with van der Waals surface area (Å²) in [4.78, 5) is 14.5. The first-order chi connectivity index (χ1) is 10.0. The van der Waals surface area contributed by atoms with Crippen molar-refractivity contribution < 1.29 is 19.0 Å². The highest BCUT2D eigenvalue weighted by atomic mass is 16.5. The number of amides is 1. The third-order valence-corrected chi connectivity index (χ3v) is 3.08. The van der Waals surface area contributed by atoms with Crippen molar-refractivity contribution in [3.63, 3.8) is 0 Å². The Balaban J connectivity index is 3.01. The number of rotatable bonds is 8. The van der Waals surface area contributed by atoms with Crippen LogP contribution in [0.25, 0.3) is 0 Å². The predicted molar refractivity (Wildman–Crippen MR) is 82.2 cm³/mol. The lowest BCUT2D eigenvalue weighted by Crippen LogP contribution is -2.36. The van der Waals surface area contributed by atoms with E-state index < -0.39 is 0 Å². The summed E-state index contributed by atoms with van der Waals surface area (Å²) in [7, 11) is 4.76. The van der Waals surface area contributed by atoms with Gasteiger partial charge in [-0.25, -0.2) is 0 Å². The van der Waals surface area contributed by atoms with Crippen molar-refractivity contribution in [2.24, 2.45) is 5.92 Å². The molecule has 0 aliphatic carbocycles. The molecule has 0 spiro atoms. The van der Waals surface area contributed by atoms with Crippen molar-refractivity contribution >= 4 is 5.91 Å². The first-order valence-electron chi connectivity index (χ1n) is 7.03. The lowest BCUT2D eigenvalue weighted by atomic mass is 10.1. The maximum Gasteiger partial charge on any atom is 0.257 e. The summed E-state index contributed by atoms with van der Waals surface area (Å²) < 4.78 is 15.6. The van der Waals surface area contributed by atoms with Crippen LogP contribution >= 0.6 is 0 Å². The maximum absolute atomic E-state index is 12.7. The van der Waals surface area contributed by atoms with Crippen LogP contribution in [0.5, 0.6) is 11.5 Å². The molecule has 0 heterocycles. The minimum Gasteiger partial charge on any atom is -0.497 e. The van der Waals surface area contributed by atoms with Crippen molar-refractivity contribution in [3.05, 3.63) is 23.8 Å². The molecule has 0 saturated heterocycles. The quantitative estimate of drug-likeness (QED) is 0.739. The van der Waals surface area contributed by atoms with Crippen molar-refractivity contribution in [2.45, 2.75) is 13.8 Å². The second-order valence-electron chi connectivity index (χ2n) is 5.20. The van der Waals surface area contributed by atoms with Crippen LogP contribution in [0, 0.1) is 5.92 Å². The summed E-state index contributed by atoms with van der Waals surface area (Å²) in [6, 6.07) is 5.22. The Kier molecular flexibility index (Phi) is 7.02. The molecule has 0 radical (unpaired) electrons. The van der Waals surface area contributed by atoms with Crippen molar-refractivity contribution in [3.8, 4) is 11.5 Å². The molecule has 1 rings (SSSR count). The number of methoxy groups -OCH3 is 3. The zero-order valence-corrected chi connectivity index (χ0v) is 13.5. The normalized spacial score (nSPS) is 10.6. The van der Waals surface area contributed by atoms with Gasteiger partial charge < -0.3 is 19.1 Å². The molecule has 0 atom stereocenters.